The number of nitrogens with one attached hydrogen (secondary N) is 1. The van der Waals surface area contributed by atoms with Crippen molar-refractivity contribution in [1.82, 2.24) is 9.99 Å². The van der Waals surface area contributed by atoms with Gasteiger partial charge in [0, 0.05) is 39.7 Å². The van der Waals surface area contributed by atoms with Crippen molar-refractivity contribution in [1.29, 1.82) is 0 Å². The van der Waals surface area contributed by atoms with Gasteiger partial charge in [-0.25, -0.2) is 13.8 Å². The van der Waals surface area contributed by atoms with Gasteiger partial charge in [0.1, 0.15) is 0 Å². The summed E-state index contributed by atoms with van der Waals surface area (Å²) in [6.45, 7) is 4.01. The molecule has 0 saturated heterocycles. The van der Waals surface area contributed by atoms with Gasteiger partial charge in [0.15, 0.2) is 0 Å². The van der Waals surface area contributed by atoms with E-state index in [-0.39, 0.29) is 5.91 Å². The van der Waals surface area contributed by atoms with Gasteiger partial charge < -0.3 is 4.57 Å². The number of anilines is 1. The fraction of sp³-hybridized carbons (Fsp3) is 0.182. The molecule has 0 radical (unpaired) electrons. The van der Waals surface area contributed by atoms with Crippen LogP contribution in [0, 0.1) is 13.8 Å². The number of hydrogen-bond acceptors (Lipinski definition) is 4. The number of nitrogens with zero attached hydrogens (tertiary/aromatic N) is 3. The summed E-state index contributed by atoms with van der Waals surface area (Å²) in [5.41, 5.74) is 7.36. The Bertz CT molecular complexity index is 1230. The Morgan fingerprint density at radius 3 is 2.29 bits per heavy atom. The minimum atomic E-state index is -3.36. The zero-order chi connectivity index (χ0) is 22.8. The standard InChI is InChI=1S/C22H23BrN4O3S/c1-15-13-18(16(2)27(15)21-11-7-19(23)8-12-21)14-24-25-22(28)17-5-9-20(10-6-17)26(3)31(4,29)30/h5-14H,1-4H3,(H,25,28)/b24-14-. The molecule has 0 unspecified atom stereocenters. The molecule has 0 spiro atoms. The zero-order valence-corrected chi connectivity index (χ0v) is 20.0. The Balaban J connectivity index is 1.71. The first kappa shape index (κ1) is 22.8. The second-order valence-electron chi connectivity index (χ2n) is 7.11. The Kier molecular flexibility index (Phi) is 6.66. The predicted molar refractivity (Wildman–Crippen MR) is 128 cm³/mol. The molecule has 1 heterocycles. The van der Waals surface area contributed by atoms with Crippen molar-refractivity contribution in [3.63, 3.8) is 0 Å². The predicted octanol–water partition coefficient (Wildman–Crippen LogP) is 4.02. The number of amides is 1. The van der Waals surface area contributed by atoms with Crippen LogP contribution in [0.4, 0.5) is 5.69 Å². The summed E-state index contributed by atoms with van der Waals surface area (Å²) in [7, 11) is -1.90. The smallest absolute Gasteiger partial charge is 0.271 e. The van der Waals surface area contributed by atoms with Crippen molar-refractivity contribution < 1.29 is 13.2 Å². The number of aryl methyl sites for hydroxylation is 1. The minimum Gasteiger partial charge on any atom is -0.318 e. The highest BCUT2D eigenvalue weighted by atomic mass is 79.9. The number of carbonyl (C=O) groups excluding carboxylic acids is 1. The molecule has 3 rings (SSSR count). The Morgan fingerprint density at radius 2 is 1.71 bits per heavy atom. The lowest BCUT2D eigenvalue weighted by atomic mass is 10.2. The summed E-state index contributed by atoms with van der Waals surface area (Å²) in [6, 6.07) is 16.3. The van der Waals surface area contributed by atoms with Crippen molar-refractivity contribution in [3.8, 4) is 5.69 Å². The van der Waals surface area contributed by atoms with E-state index >= 15 is 0 Å². The summed E-state index contributed by atoms with van der Waals surface area (Å²) in [5.74, 6) is -0.383. The number of aromatic nitrogens is 1. The molecule has 0 fully saturated rings. The molecule has 0 aliphatic carbocycles. The maximum atomic E-state index is 12.4. The van der Waals surface area contributed by atoms with Gasteiger partial charge in [-0.1, -0.05) is 15.9 Å². The number of carbonyl (C=O) groups is 1. The number of hydrogen-bond donors (Lipinski definition) is 1. The van der Waals surface area contributed by atoms with E-state index in [9.17, 15) is 13.2 Å². The fourth-order valence-corrected chi connectivity index (χ4v) is 3.91. The van der Waals surface area contributed by atoms with Gasteiger partial charge in [-0.3, -0.25) is 9.10 Å². The average Bonchev–Trinajstić information content (AvgIpc) is 3.01. The lowest BCUT2D eigenvalue weighted by Crippen LogP contribution is -2.25. The van der Waals surface area contributed by atoms with Crippen LogP contribution in [-0.2, 0) is 10.0 Å². The topological polar surface area (TPSA) is 83.8 Å². The van der Waals surface area contributed by atoms with Crippen LogP contribution in [0.15, 0.2) is 64.2 Å². The van der Waals surface area contributed by atoms with Crippen LogP contribution in [0.1, 0.15) is 27.3 Å². The van der Waals surface area contributed by atoms with E-state index in [0.717, 1.165) is 37.7 Å². The highest BCUT2D eigenvalue weighted by Gasteiger charge is 2.13. The van der Waals surface area contributed by atoms with E-state index in [1.165, 1.54) is 7.05 Å². The molecule has 0 aliphatic rings. The molecule has 0 bridgehead atoms. The van der Waals surface area contributed by atoms with Gasteiger partial charge in [0.25, 0.3) is 5.91 Å². The van der Waals surface area contributed by atoms with E-state index < -0.39 is 10.0 Å². The lowest BCUT2D eigenvalue weighted by molar-refractivity contribution is 0.0955. The first-order valence-corrected chi connectivity index (χ1v) is 12.0. The van der Waals surface area contributed by atoms with Gasteiger partial charge >= 0.3 is 0 Å². The molecule has 0 aliphatic heterocycles. The van der Waals surface area contributed by atoms with Crippen LogP contribution in [-0.4, -0.2) is 38.4 Å². The summed E-state index contributed by atoms with van der Waals surface area (Å²) < 4.78 is 27.5. The summed E-state index contributed by atoms with van der Waals surface area (Å²) >= 11 is 3.45. The fourth-order valence-electron chi connectivity index (χ4n) is 3.15. The molecule has 1 N–H and O–H groups in total. The third-order valence-electron chi connectivity index (χ3n) is 4.92. The molecule has 2 aromatic carbocycles. The molecular formula is C22H23BrN4O3S. The largest absolute Gasteiger partial charge is 0.318 e. The van der Waals surface area contributed by atoms with Crippen LogP contribution in [0.2, 0.25) is 0 Å². The number of rotatable bonds is 6. The molecule has 31 heavy (non-hydrogen) atoms. The molecule has 7 nitrogen and oxygen atoms in total. The molecule has 162 valence electrons. The zero-order valence-electron chi connectivity index (χ0n) is 17.6. The molecule has 1 aromatic heterocycles. The molecule has 3 aromatic rings. The summed E-state index contributed by atoms with van der Waals surface area (Å²) in [5, 5.41) is 4.09. The number of halogens is 1. The van der Waals surface area contributed by atoms with Crippen LogP contribution < -0.4 is 9.73 Å². The Morgan fingerprint density at radius 1 is 1.10 bits per heavy atom. The van der Waals surface area contributed by atoms with Crippen LogP contribution in [0.25, 0.3) is 5.69 Å². The van der Waals surface area contributed by atoms with Gasteiger partial charge in [0.2, 0.25) is 10.0 Å². The van der Waals surface area contributed by atoms with E-state index in [4.69, 9.17) is 0 Å². The summed E-state index contributed by atoms with van der Waals surface area (Å²) in [6.07, 6.45) is 2.73. The maximum absolute atomic E-state index is 12.4. The van der Waals surface area contributed by atoms with Crippen molar-refractivity contribution in [3.05, 3.63) is 81.6 Å². The van der Waals surface area contributed by atoms with Crippen molar-refractivity contribution >= 4 is 43.8 Å². The third kappa shape index (κ3) is 5.23. The number of benzene rings is 2. The van der Waals surface area contributed by atoms with Gasteiger partial charge in [-0.2, -0.15) is 5.10 Å². The first-order chi connectivity index (χ1) is 14.6. The Hall–Kier alpha value is -2.91. The number of sulfonamides is 1. The molecular weight excluding hydrogens is 480 g/mol. The lowest BCUT2D eigenvalue weighted by Gasteiger charge is -2.16. The van der Waals surface area contributed by atoms with Crippen molar-refractivity contribution in [2.75, 3.05) is 17.6 Å². The summed E-state index contributed by atoms with van der Waals surface area (Å²) in [4.78, 5) is 12.4. The van der Waals surface area contributed by atoms with Crippen molar-refractivity contribution in [2.24, 2.45) is 5.10 Å². The molecule has 1 amide bonds. The highest BCUT2D eigenvalue weighted by molar-refractivity contribution is 9.10. The third-order valence-corrected chi connectivity index (χ3v) is 6.65. The normalized spacial score (nSPS) is 11.6. The molecule has 0 atom stereocenters. The monoisotopic (exact) mass is 502 g/mol. The van der Waals surface area contributed by atoms with E-state index in [1.807, 2.05) is 44.2 Å². The Labute approximate surface area is 190 Å². The van der Waals surface area contributed by atoms with Gasteiger partial charge in [0.05, 0.1) is 18.2 Å². The van der Waals surface area contributed by atoms with Crippen LogP contribution in [0.3, 0.4) is 0 Å². The van der Waals surface area contributed by atoms with E-state index in [1.54, 1.807) is 30.5 Å². The average molecular weight is 503 g/mol. The minimum absolute atomic E-state index is 0.378. The second-order valence-corrected chi connectivity index (χ2v) is 10.0. The molecule has 9 heteroatoms. The van der Waals surface area contributed by atoms with Crippen LogP contribution >= 0.6 is 15.9 Å². The number of hydrazone groups is 1. The van der Waals surface area contributed by atoms with Gasteiger partial charge in [-0.05, 0) is 68.4 Å². The highest BCUT2D eigenvalue weighted by Crippen LogP contribution is 2.21. The molecule has 0 saturated carbocycles. The van der Waals surface area contributed by atoms with E-state index in [0.29, 0.717) is 11.3 Å². The first-order valence-electron chi connectivity index (χ1n) is 9.40. The quantitative estimate of drug-likeness (QED) is 0.408. The van der Waals surface area contributed by atoms with Crippen LogP contribution in [0.5, 0.6) is 0 Å². The second kappa shape index (κ2) is 9.07. The van der Waals surface area contributed by atoms with Gasteiger partial charge in [-0.15, -0.1) is 0 Å². The maximum Gasteiger partial charge on any atom is 0.271 e. The SMILES string of the molecule is Cc1cc(/C=N\NC(=O)c2ccc(N(C)S(C)(=O)=O)cc2)c(C)n1-c1ccc(Br)cc1. The van der Waals surface area contributed by atoms with E-state index in [2.05, 4.69) is 31.0 Å². The van der Waals surface area contributed by atoms with Crippen molar-refractivity contribution in [2.45, 2.75) is 13.8 Å².